The lowest BCUT2D eigenvalue weighted by Gasteiger charge is -2.32. The Labute approximate surface area is 175 Å². The van der Waals surface area contributed by atoms with Gasteiger partial charge in [0.2, 0.25) is 5.91 Å². The number of nitrogens with one attached hydrogen (secondary N) is 1. The van der Waals surface area contributed by atoms with Crippen molar-refractivity contribution in [2.45, 2.75) is 39.2 Å². The number of amides is 2. The first-order valence-electron chi connectivity index (χ1n) is 10.1. The molecule has 2 aromatic rings. The number of rotatable bonds is 6. The molecule has 30 heavy (non-hydrogen) atoms. The summed E-state index contributed by atoms with van der Waals surface area (Å²) < 4.78 is 29.8. The van der Waals surface area contributed by atoms with Gasteiger partial charge in [0.1, 0.15) is 5.75 Å². The van der Waals surface area contributed by atoms with Crippen LogP contribution in [0.15, 0.2) is 48.5 Å². The first-order chi connectivity index (χ1) is 14.3. The van der Waals surface area contributed by atoms with E-state index in [-0.39, 0.29) is 29.7 Å². The average Bonchev–Trinajstić information content (AvgIpc) is 2.73. The smallest absolute Gasteiger partial charge is 0.387 e. The van der Waals surface area contributed by atoms with E-state index in [0.29, 0.717) is 25.3 Å². The second-order valence-electron chi connectivity index (χ2n) is 7.73. The molecule has 0 radical (unpaired) electrons. The van der Waals surface area contributed by atoms with Crippen molar-refractivity contribution in [1.29, 1.82) is 0 Å². The van der Waals surface area contributed by atoms with Crippen molar-refractivity contribution >= 4 is 17.5 Å². The highest BCUT2D eigenvalue weighted by Gasteiger charge is 2.30. The van der Waals surface area contributed by atoms with Gasteiger partial charge in [-0.1, -0.05) is 38.1 Å². The molecule has 7 heteroatoms. The number of carbonyl (C=O) groups is 2. The summed E-state index contributed by atoms with van der Waals surface area (Å²) in [5.74, 6) is -0.737. The van der Waals surface area contributed by atoms with Crippen molar-refractivity contribution in [2.75, 3.05) is 18.4 Å². The third-order valence-electron chi connectivity index (χ3n) is 5.23. The van der Waals surface area contributed by atoms with Crippen LogP contribution in [-0.4, -0.2) is 36.4 Å². The predicted molar refractivity (Wildman–Crippen MR) is 111 cm³/mol. The van der Waals surface area contributed by atoms with Gasteiger partial charge in [-0.3, -0.25) is 9.59 Å². The van der Waals surface area contributed by atoms with Gasteiger partial charge < -0.3 is 15.0 Å². The van der Waals surface area contributed by atoms with Crippen molar-refractivity contribution in [1.82, 2.24) is 4.90 Å². The number of carbonyl (C=O) groups excluding carboxylic acids is 2. The Hall–Kier alpha value is -2.96. The van der Waals surface area contributed by atoms with Crippen molar-refractivity contribution in [3.8, 4) is 5.75 Å². The molecule has 2 aromatic carbocycles. The molecule has 5 nitrogen and oxygen atoms in total. The Morgan fingerprint density at radius 3 is 2.63 bits per heavy atom. The van der Waals surface area contributed by atoms with Crippen molar-refractivity contribution in [3.05, 3.63) is 59.7 Å². The Bertz CT molecular complexity index is 902. The second kappa shape index (κ2) is 9.69. The number of halogens is 2. The Morgan fingerprint density at radius 1 is 1.13 bits per heavy atom. The van der Waals surface area contributed by atoms with Gasteiger partial charge in [0.15, 0.2) is 0 Å². The van der Waals surface area contributed by atoms with Gasteiger partial charge in [-0.25, -0.2) is 0 Å². The number of nitrogens with zero attached hydrogens (tertiary/aromatic N) is 1. The Balaban J connectivity index is 1.69. The van der Waals surface area contributed by atoms with E-state index < -0.39 is 12.5 Å². The molecule has 3 rings (SSSR count). The van der Waals surface area contributed by atoms with Crippen LogP contribution in [0.25, 0.3) is 0 Å². The topological polar surface area (TPSA) is 58.6 Å². The summed E-state index contributed by atoms with van der Waals surface area (Å²) in [7, 11) is 0. The number of hydrogen-bond donors (Lipinski definition) is 1. The summed E-state index contributed by atoms with van der Waals surface area (Å²) in [6.07, 6.45) is 1.32. The molecule has 1 aliphatic heterocycles. The maximum absolute atomic E-state index is 12.9. The maximum Gasteiger partial charge on any atom is 0.387 e. The van der Waals surface area contributed by atoms with Crippen molar-refractivity contribution in [2.24, 2.45) is 5.92 Å². The predicted octanol–water partition coefficient (Wildman–Crippen LogP) is 4.90. The lowest BCUT2D eigenvalue weighted by Crippen LogP contribution is -2.43. The van der Waals surface area contributed by atoms with E-state index in [9.17, 15) is 18.4 Å². The fraction of sp³-hybridized carbons (Fsp3) is 0.391. The SMILES string of the molecule is CC(C)c1cccc(NC(=O)C2CCCN(C(=O)c3ccccc3OC(F)F)C2)c1. The lowest BCUT2D eigenvalue weighted by atomic mass is 9.96. The molecule has 1 N–H and O–H groups in total. The summed E-state index contributed by atoms with van der Waals surface area (Å²) >= 11 is 0. The van der Waals surface area contributed by atoms with E-state index in [1.165, 1.54) is 23.1 Å². The Morgan fingerprint density at radius 2 is 1.90 bits per heavy atom. The highest BCUT2D eigenvalue weighted by molar-refractivity contribution is 5.98. The minimum Gasteiger partial charge on any atom is -0.434 e. The molecule has 1 heterocycles. The third kappa shape index (κ3) is 5.34. The van der Waals surface area contributed by atoms with E-state index in [0.717, 1.165) is 11.3 Å². The molecule has 1 unspecified atom stereocenters. The molecule has 0 spiro atoms. The van der Waals surface area contributed by atoms with E-state index >= 15 is 0 Å². The van der Waals surface area contributed by atoms with Gasteiger partial charge in [0, 0.05) is 18.8 Å². The number of likely N-dealkylation sites (tertiary alicyclic amines) is 1. The van der Waals surface area contributed by atoms with Crippen LogP contribution in [0.1, 0.15) is 48.5 Å². The second-order valence-corrected chi connectivity index (χ2v) is 7.73. The molecular weight excluding hydrogens is 390 g/mol. The normalized spacial score (nSPS) is 16.6. The molecule has 0 saturated carbocycles. The van der Waals surface area contributed by atoms with Gasteiger partial charge in [0.05, 0.1) is 11.5 Å². The summed E-state index contributed by atoms with van der Waals surface area (Å²) in [6, 6.07) is 13.6. The lowest BCUT2D eigenvalue weighted by molar-refractivity contribution is -0.121. The molecule has 0 aliphatic carbocycles. The summed E-state index contributed by atoms with van der Waals surface area (Å²) in [5.41, 5.74) is 1.93. The van der Waals surface area contributed by atoms with Crippen LogP contribution in [0, 0.1) is 5.92 Å². The molecule has 160 valence electrons. The average molecular weight is 416 g/mol. The molecule has 2 amide bonds. The number of ether oxygens (including phenoxy) is 1. The summed E-state index contributed by atoms with van der Waals surface area (Å²) in [6.45, 7) is 1.86. The molecule has 1 atom stereocenters. The number of alkyl halides is 2. The molecule has 1 aliphatic rings. The number of benzene rings is 2. The standard InChI is InChI=1S/C23H26F2N2O3/c1-15(2)16-7-5-9-18(13-16)26-21(28)17-8-6-12-27(14-17)22(29)19-10-3-4-11-20(19)30-23(24)25/h3-5,7,9-11,13,15,17,23H,6,8,12,14H2,1-2H3,(H,26,28). The zero-order valence-electron chi connectivity index (χ0n) is 17.1. The number of para-hydroxylation sites is 1. The minimum absolute atomic E-state index is 0.0727. The van der Waals surface area contributed by atoms with Crippen LogP contribution >= 0.6 is 0 Å². The number of anilines is 1. The van der Waals surface area contributed by atoms with E-state index in [4.69, 9.17) is 0 Å². The van der Waals surface area contributed by atoms with Crippen LogP contribution in [0.2, 0.25) is 0 Å². The molecule has 0 aromatic heterocycles. The molecular formula is C23H26F2N2O3. The third-order valence-corrected chi connectivity index (χ3v) is 5.23. The highest BCUT2D eigenvalue weighted by atomic mass is 19.3. The van der Waals surface area contributed by atoms with Gasteiger partial charge in [-0.05, 0) is 48.6 Å². The maximum atomic E-state index is 12.9. The fourth-order valence-electron chi connectivity index (χ4n) is 3.61. The summed E-state index contributed by atoms with van der Waals surface area (Å²) in [5, 5.41) is 2.94. The number of hydrogen-bond acceptors (Lipinski definition) is 3. The quantitative estimate of drug-likeness (QED) is 0.729. The van der Waals surface area contributed by atoms with Crippen molar-refractivity contribution in [3.63, 3.8) is 0 Å². The number of piperidine rings is 1. The minimum atomic E-state index is -3.01. The zero-order valence-corrected chi connectivity index (χ0v) is 17.1. The first-order valence-corrected chi connectivity index (χ1v) is 10.1. The van der Waals surface area contributed by atoms with Crippen LogP contribution in [0.3, 0.4) is 0 Å². The van der Waals surface area contributed by atoms with Gasteiger partial charge in [0.25, 0.3) is 5.91 Å². The van der Waals surface area contributed by atoms with Gasteiger partial charge in [-0.2, -0.15) is 8.78 Å². The Kier molecular flexibility index (Phi) is 7.03. The summed E-state index contributed by atoms with van der Waals surface area (Å²) in [4.78, 5) is 27.2. The van der Waals surface area contributed by atoms with Crippen LogP contribution < -0.4 is 10.1 Å². The van der Waals surface area contributed by atoms with Gasteiger partial charge >= 0.3 is 6.61 Å². The van der Waals surface area contributed by atoms with Crippen molar-refractivity contribution < 1.29 is 23.1 Å². The zero-order chi connectivity index (χ0) is 21.7. The van der Waals surface area contributed by atoms with Gasteiger partial charge in [-0.15, -0.1) is 0 Å². The van der Waals surface area contributed by atoms with Crippen LogP contribution in [0.5, 0.6) is 5.75 Å². The van der Waals surface area contributed by atoms with Crippen LogP contribution in [-0.2, 0) is 4.79 Å². The molecule has 0 bridgehead atoms. The van der Waals surface area contributed by atoms with E-state index in [1.807, 2.05) is 24.3 Å². The van der Waals surface area contributed by atoms with E-state index in [1.54, 1.807) is 6.07 Å². The fourth-order valence-corrected chi connectivity index (χ4v) is 3.61. The first kappa shape index (κ1) is 21.7. The van der Waals surface area contributed by atoms with E-state index in [2.05, 4.69) is 23.9 Å². The monoisotopic (exact) mass is 416 g/mol. The van der Waals surface area contributed by atoms with Crippen LogP contribution in [0.4, 0.5) is 14.5 Å². The largest absolute Gasteiger partial charge is 0.434 e. The molecule has 1 fully saturated rings. The molecule has 1 saturated heterocycles. The highest BCUT2D eigenvalue weighted by Crippen LogP contribution is 2.26.